The number of halogens is 2. The maximum Gasteiger partial charge on any atom is 0.243 e. The van der Waals surface area contributed by atoms with Gasteiger partial charge in [0.25, 0.3) is 0 Å². The Labute approximate surface area is 122 Å². The van der Waals surface area contributed by atoms with Gasteiger partial charge in [0.2, 0.25) is 10.0 Å². The van der Waals surface area contributed by atoms with Crippen LogP contribution in [0.15, 0.2) is 17.0 Å². The molecule has 20 heavy (non-hydrogen) atoms. The Morgan fingerprint density at radius 1 is 1.30 bits per heavy atom. The van der Waals surface area contributed by atoms with E-state index in [-0.39, 0.29) is 16.8 Å². The molecular weight excluding hydrogens is 307 g/mol. The summed E-state index contributed by atoms with van der Waals surface area (Å²) in [5.41, 5.74) is 5.08. The van der Waals surface area contributed by atoms with Crippen LogP contribution in [0, 0.1) is 5.82 Å². The molecule has 1 aromatic rings. The molecule has 1 saturated carbocycles. The first-order valence-electron chi connectivity index (χ1n) is 6.24. The summed E-state index contributed by atoms with van der Waals surface area (Å²) in [7, 11) is -4.02. The fourth-order valence-corrected chi connectivity index (χ4v) is 3.99. The molecule has 0 aliphatic heterocycles. The summed E-state index contributed by atoms with van der Waals surface area (Å²) in [6.45, 7) is 0. The lowest BCUT2D eigenvalue weighted by molar-refractivity contribution is 0.120. The van der Waals surface area contributed by atoms with E-state index in [1.165, 1.54) is 0 Å². The Hall–Kier alpha value is -0.890. The minimum Gasteiger partial charge on any atom is -0.396 e. The lowest BCUT2D eigenvalue weighted by Crippen LogP contribution is -2.38. The van der Waals surface area contributed by atoms with Crippen molar-refractivity contribution in [1.82, 2.24) is 4.72 Å². The molecule has 0 spiro atoms. The van der Waals surface area contributed by atoms with E-state index >= 15 is 0 Å². The lowest BCUT2D eigenvalue weighted by atomic mass is 9.94. The van der Waals surface area contributed by atoms with Gasteiger partial charge in [-0.05, 0) is 37.8 Å². The van der Waals surface area contributed by atoms with Gasteiger partial charge in [-0.2, -0.15) is 0 Å². The molecule has 0 unspecified atom stereocenters. The Morgan fingerprint density at radius 2 is 1.90 bits per heavy atom. The molecule has 112 valence electrons. The van der Waals surface area contributed by atoms with Crippen molar-refractivity contribution in [3.63, 3.8) is 0 Å². The van der Waals surface area contributed by atoms with Crippen LogP contribution in [-0.2, 0) is 10.0 Å². The fraction of sp³-hybridized carbons (Fsp3) is 0.500. The molecule has 1 fully saturated rings. The highest BCUT2D eigenvalue weighted by Gasteiger charge is 2.27. The molecule has 1 aliphatic rings. The van der Waals surface area contributed by atoms with E-state index in [1.807, 2.05) is 0 Å². The van der Waals surface area contributed by atoms with E-state index < -0.39 is 26.8 Å². The molecule has 0 saturated heterocycles. The molecule has 0 aromatic heterocycles. The topological polar surface area (TPSA) is 92.4 Å². The second-order valence-electron chi connectivity index (χ2n) is 4.93. The van der Waals surface area contributed by atoms with E-state index in [2.05, 4.69) is 4.72 Å². The molecule has 8 heteroatoms. The molecule has 1 aromatic carbocycles. The van der Waals surface area contributed by atoms with E-state index in [9.17, 15) is 17.9 Å². The number of hydrogen-bond acceptors (Lipinski definition) is 4. The van der Waals surface area contributed by atoms with Crippen LogP contribution in [0.1, 0.15) is 25.7 Å². The third kappa shape index (κ3) is 3.41. The van der Waals surface area contributed by atoms with Gasteiger partial charge in [0, 0.05) is 11.1 Å². The van der Waals surface area contributed by atoms with Gasteiger partial charge >= 0.3 is 0 Å². The highest BCUT2D eigenvalue weighted by molar-refractivity contribution is 7.89. The van der Waals surface area contributed by atoms with Crippen LogP contribution in [0.5, 0.6) is 0 Å². The van der Waals surface area contributed by atoms with Gasteiger partial charge in [0.1, 0.15) is 4.90 Å². The maximum absolute atomic E-state index is 13.9. The summed E-state index contributed by atoms with van der Waals surface area (Å²) >= 11 is 5.72. The minimum atomic E-state index is -4.02. The Balaban J connectivity index is 2.23. The monoisotopic (exact) mass is 322 g/mol. The zero-order valence-corrected chi connectivity index (χ0v) is 12.2. The van der Waals surface area contributed by atoms with Crippen LogP contribution in [-0.4, -0.2) is 25.7 Å². The number of benzene rings is 1. The molecule has 2 rings (SSSR count). The van der Waals surface area contributed by atoms with Crippen molar-refractivity contribution >= 4 is 27.3 Å². The van der Waals surface area contributed by atoms with Gasteiger partial charge < -0.3 is 10.8 Å². The van der Waals surface area contributed by atoms with Crippen LogP contribution in [0.3, 0.4) is 0 Å². The summed E-state index contributed by atoms with van der Waals surface area (Å²) in [4.78, 5) is -0.548. The Bertz CT molecular complexity index is 601. The summed E-state index contributed by atoms with van der Waals surface area (Å²) in [5.74, 6) is -1.00. The second kappa shape index (κ2) is 5.85. The standard InChI is InChI=1S/C12H16ClFN2O3S/c13-7-5-10(15)12(14)11(6-7)20(18,19)16-8-1-3-9(17)4-2-8/h5-6,8-9,16-17H,1-4,15H2. The maximum atomic E-state index is 13.9. The molecule has 0 atom stereocenters. The number of nitrogen functional groups attached to an aromatic ring is 1. The number of aliphatic hydroxyl groups is 1. The van der Waals surface area contributed by atoms with E-state index in [0.29, 0.717) is 25.7 Å². The summed E-state index contributed by atoms with van der Waals surface area (Å²) in [5, 5.41) is 9.45. The van der Waals surface area contributed by atoms with Crippen LogP contribution < -0.4 is 10.5 Å². The average Bonchev–Trinajstić information content (AvgIpc) is 2.36. The van der Waals surface area contributed by atoms with Crippen molar-refractivity contribution in [2.75, 3.05) is 5.73 Å². The lowest BCUT2D eigenvalue weighted by Gasteiger charge is -2.26. The zero-order valence-electron chi connectivity index (χ0n) is 10.6. The van der Waals surface area contributed by atoms with Crippen molar-refractivity contribution in [3.05, 3.63) is 23.0 Å². The predicted octanol–water partition coefficient (Wildman–Crippen LogP) is 1.64. The molecule has 4 N–H and O–H groups in total. The summed E-state index contributed by atoms with van der Waals surface area (Å²) in [6.07, 6.45) is 1.67. The van der Waals surface area contributed by atoms with Gasteiger partial charge in [-0.1, -0.05) is 11.6 Å². The Morgan fingerprint density at radius 3 is 2.50 bits per heavy atom. The zero-order chi connectivity index (χ0) is 14.9. The van der Waals surface area contributed by atoms with Crippen molar-refractivity contribution in [2.45, 2.75) is 42.7 Å². The smallest absolute Gasteiger partial charge is 0.243 e. The Kier molecular flexibility index (Phi) is 4.53. The number of aliphatic hydroxyl groups excluding tert-OH is 1. The minimum absolute atomic E-state index is 0.0586. The number of anilines is 1. The highest BCUT2D eigenvalue weighted by atomic mass is 35.5. The summed E-state index contributed by atoms with van der Waals surface area (Å²) in [6, 6.07) is 1.88. The quantitative estimate of drug-likeness (QED) is 0.738. The predicted molar refractivity (Wildman–Crippen MR) is 74.4 cm³/mol. The number of nitrogens with two attached hydrogens (primary N) is 1. The largest absolute Gasteiger partial charge is 0.396 e. The number of rotatable bonds is 3. The van der Waals surface area contributed by atoms with Crippen molar-refractivity contribution in [3.8, 4) is 0 Å². The molecule has 0 radical (unpaired) electrons. The molecule has 0 bridgehead atoms. The SMILES string of the molecule is Nc1cc(Cl)cc(S(=O)(=O)NC2CCC(O)CC2)c1F. The van der Waals surface area contributed by atoms with Crippen molar-refractivity contribution in [2.24, 2.45) is 0 Å². The van der Waals surface area contributed by atoms with Crippen molar-refractivity contribution < 1.29 is 17.9 Å². The van der Waals surface area contributed by atoms with E-state index in [1.54, 1.807) is 0 Å². The normalized spacial score (nSPS) is 23.8. The van der Waals surface area contributed by atoms with Crippen LogP contribution in [0.25, 0.3) is 0 Å². The average molecular weight is 323 g/mol. The first-order valence-corrected chi connectivity index (χ1v) is 8.10. The molecule has 0 heterocycles. The first-order chi connectivity index (χ1) is 9.29. The fourth-order valence-electron chi connectivity index (χ4n) is 2.26. The van der Waals surface area contributed by atoms with Crippen LogP contribution in [0.4, 0.5) is 10.1 Å². The molecule has 0 amide bonds. The number of sulfonamides is 1. The third-order valence-electron chi connectivity index (χ3n) is 3.34. The van der Waals surface area contributed by atoms with Gasteiger partial charge in [0.15, 0.2) is 5.82 Å². The van der Waals surface area contributed by atoms with Gasteiger partial charge in [-0.25, -0.2) is 17.5 Å². The van der Waals surface area contributed by atoms with E-state index in [4.69, 9.17) is 17.3 Å². The number of hydrogen-bond donors (Lipinski definition) is 3. The van der Waals surface area contributed by atoms with Gasteiger partial charge in [-0.3, -0.25) is 0 Å². The number of nitrogens with one attached hydrogen (secondary N) is 1. The van der Waals surface area contributed by atoms with E-state index in [0.717, 1.165) is 12.1 Å². The van der Waals surface area contributed by atoms with Crippen LogP contribution in [0.2, 0.25) is 5.02 Å². The molecule has 5 nitrogen and oxygen atoms in total. The molecular formula is C12H16ClFN2O3S. The third-order valence-corrected chi connectivity index (χ3v) is 5.08. The van der Waals surface area contributed by atoms with Gasteiger partial charge in [-0.15, -0.1) is 0 Å². The first kappa shape index (κ1) is 15.5. The van der Waals surface area contributed by atoms with Gasteiger partial charge in [0.05, 0.1) is 11.8 Å². The van der Waals surface area contributed by atoms with Crippen LogP contribution >= 0.6 is 11.6 Å². The van der Waals surface area contributed by atoms with Crippen molar-refractivity contribution in [1.29, 1.82) is 0 Å². The summed E-state index contributed by atoms with van der Waals surface area (Å²) < 4.78 is 40.6. The second-order valence-corrected chi connectivity index (χ2v) is 7.05. The molecule has 1 aliphatic carbocycles. The highest BCUT2D eigenvalue weighted by Crippen LogP contribution is 2.26.